The van der Waals surface area contributed by atoms with Crippen LogP contribution in [-0.2, 0) is 4.74 Å². The molecule has 0 N–H and O–H groups in total. The van der Waals surface area contributed by atoms with Crippen LogP contribution in [0.1, 0.15) is 27.2 Å². The monoisotopic (exact) mass is 793 g/mol. The van der Waals surface area contributed by atoms with Crippen molar-refractivity contribution >= 4 is 43.2 Å². The SMILES string of the molecule is COc1ccc(P(C[C@@H]2C[C@H](P(c3ccc(OC)cc3OC)c3ccc(OC)cc3OC)CN2C(=O)OC(C)(C)C)c2ccc(OC)cc2OC)c(OC)c1. The third-order valence-corrected chi connectivity index (χ3v) is 15.0. The molecule has 0 aliphatic carbocycles. The zero-order valence-electron chi connectivity index (χ0n) is 33.6. The molecule has 4 aromatic carbocycles. The van der Waals surface area contributed by atoms with Gasteiger partial charge in [-0.25, -0.2) is 4.79 Å². The maximum absolute atomic E-state index is 14.3. The van der Waals surface area contributed by atoms with Crippen molar-refractivity contribution in [3.63, 3.8) is 0 Å². The molecule has 1 fully saturated rings. The zero-order chi connectivity index (χ0) is 39.9. The number of carbonyl (C=O) groups is 1. The predicted molar refractivity (Wildman–Crippen MR) is 221 cm³/mol. The lowest BCUT2D eigenvalue weighted by molar-refractivity contribution is 0.0242. The highest BCUT2D eigenvalue weighted by Crippen LogP contribution is 2.52. The van der Waals surface area contributed by atoms with Gasteiger partial charge in [-0.2, -0.15) is 0 Å². The number of nitrogens with zero attached hydrogens (tertiary/aromatic N) is 1. The standard InChI is InChI=1S/C42H53NO10P2/c1-42(2,3)53-41(44)43-25-32(55(39-18-14-30(47-6)23-35(39)51-10)40-19-15-31(48-7)24-36(40)52-11)20-27(43)26-54(37-16-12-28(45-4)21-33(37)49-8)38-17-13-29(46-5)22-34(38)50-9/h12-19,21-24,27,32H,20,25-26H2,1-11H3/t27-,32-/m0/s1. The maximum atomic E-state index is 14.3. The van der Waals surface area contributed by atoms with Crippen LogP contribution in [-0.4, -0.2) is 97.9 Å². The summed E-state index contributed by atoms with van der Waals surface area (Å²) in [7, 11) is 10.8. The average molecular weight is 794 g/mol. The molecule has 13 heteroatoms. The van der Waals surface area contributed by atoms with E-state index in [9.17, 15) is 4.79 Å². The van der Waals surface area contributed by atoms with Crippen molar-refractivity contribution in [3.8, 4) is 46.0 Å². The molecule has 0 saturated carbocycles. The van der Waals surface area contributed by atoms with Crippen LogP contribution in [0.15, 0.2) is 72.8 Å². The van der Waals surface area contributed by atoms with Gasteiger partial charge in [-0.1, -0.05) is 0 Å². The summed E-state index contributed by atoms with van der Waals surface area (Å²) in [6, 6.07) is 23.4. The van der Waals surface area contributed by atoms with Gasteiger partial charge in [0.2, 0.25) is 0 Å². The Morgan fingerprint density at radius 3 is 1.29 bits per heavy atom. The minimum absolute atomic E-state index is 0.0236. The summed E-state index contributed by atoms with van der Waals surface area (Å²) < 4.78 is 52.5. The highest BCUT2D eigenvalue weighted by atomic mass is 31.1. The van der Waals surface area contributed by atoms with Crippen LogP contribution in [0.5, 0.6) is 46.0 Å². The number of rotatable bonds is 15. The lowest BCUT2D eigenvalue weighted by atomic mass is 10.2. The van der Waals surface area contributed by atoms with Gasteiger partial charge in [0.25, 0.3) is 0 Å². The summed E-state index contributed by atoms with van der Waals surface area (Å²) in [6.07, 6.45) is 0.904. The molecule has 0 bridgehead atoms. The van der Waals surface area contributed by atoms with Crippen molar-refractivity contribution in [2.45, 2.75) is 44.5 Å². The molecule has 0 aromatic heterocycles. The number of methoxy groups -OCH3 is 8. The van der Waals surface area contributed by atoms with Crippen molar-refractivity contribution in [2.24, 2.45) is 0 Å². The first-order chi connectivity index (χ1) is 26.4. The molecule has 1 saturated heterocycles. The van der Waals surface area contributed by atoms with E-state index < -0.39 is 21.4 Å². The van der Waals surface area contributed by atoms with E-state index in [2.05, 4.69) is 24.3 Å². The van der Waals surface area contributed by atoms with E-state index in [4.69, 9.17) is 42.6 Å². The fourth-order valence-electron chi connectivity index (χ4n) is 6.84. The first-order valence-electron chi connectivity index (χ1n) is 17.9. The van der Waals surface area contributed by atoms with Gasteiger partial charge in [0.05, 0.1) is 56.9 Å². The lowest BCUT2D eigenvalue weighted by Crippen LogP contribution is -2.42. The molecule has 55 heavy (non-hydrogen) atoms. The first kappa shape index (κ1) is 41.6. The molecule has 4 aromatic rings. The minimum atomic E-state index is -1.20. The van der Waals surface area contributed by atoms with E-state index in [1.807, 2.05) is 74.2 Å². The van der Waals surface area contributed by atoms with Crippen LogP contribution in [0, 0.1) is 0 Å². The second kappa shape index (κ2) is 18.4. The Morgan fingerprint density at radius 2 is 0.945 bits per heavy atom. The largest absolute Gasteiger partial charge is 0.497 e. The predicted octanol–water partition coefficient (Wildman–Crippen LogP) is 6.70. The average Bonchev–Trinajstić information content (AvgIpc) is 3.62. The molecular formula is C42H53NO10P2. The summed E-state index contributed by atoms with van der Waals surface area (Å²) in [4.78, 5) is 16.3. The molecule has 296 valence electrons. The minimum Gasteiger partial charge on any atom is -0.497 e. The number of hydrogen-bond donors (Lipinski definition) is 0. The third kappa shape index (κ3) is 9.45. The van der Waals surface area contributed by atoms with E-state index in [-0.39, 0.29) is 17.8 Å². The molecule has 1 heterocycles. The van der Waals surface area contributed by atoms with Crippen LogP contribution in [0.2, 0.25) is 0 Å². The molecule has 0 radical (unpaired) electrons. The summed E-state index contributed by atoms with van der Waals surface area (Å²) in [5.74, 6) is 5.51. The van der Waals surface area contributed by atoms with Gasteiger partial charge in [0, 0.05) is 63.7 Å². The van der Waals surface area contributed by atoms with E-state index in [1.165, 1.54) is 0 Å². The molecule has 1 aliphatic heterocycles. The number of amides is 1. The Kier molecular flexibility index (Phi) is 13.9. The third-order valence-electron chi connectivity index (χ3n) is 9.43. The van der Waals surface area contributed by atoms with Crippen molar-refractivity contribution in [3.05, 3.63) is 72.8 Å². The first-order valence-corrected chi connectivity index (χ1v) is 20.8. The van der Waals surface area contributed by atoms with Crippen LogP contribution < -0.4 is 59.1 Å². The molecule has 11 nitrogen and oxygen atoms in total. The molecule has 2 atom stereocenters. The van der Waals surface area contributed by atoms with E-state index in [0.29, 0.717) is 65.1 Å². The zero-order valence-corrected chi connectivity index (χ0v) is 35.4. The number of benzene rings is 4. The van der Waals surface area contributed by atoms with Crippen molar-refractivity contribution in [2.75, 3.05) is 69.6 Å². The quantitative estimate of drug-likeness (QED) is 0.121. The fraction of sp³-hybridized carbons (Fsp3) is 0.405. The number of carbonyl (C=O) groups excluding carboxylic acids is 1. The Balaban J connectivity index is 1.70. The van der Waals surface area contributed by atoms with Gasteiger partial charge in [-0.05, 0) is 97.7 Å². The molecular weight excluding hydrogens is 740 g/mol. The van der Waals surface area contributed by atoms with Crippen LogP contribution in [0.4, 0.5) is 4.79 Å². The number of likely N-dealkylation sites (tertiary alicyclic amines) is 1. The van der Waals surface area contributed by atoms with Gasteiger partial charge >= 0.3 is 6.09 Å². The molecule has 5 rings (SSSR count). The molecule has 0 spiro atoms. The summed E-state index contributed by atoms with van der Waals surface area (Å²) in [6.45, 7) is 6.12. The smallest absolute Gasteiger partial charge is 0.410 e. The second-order valence-electron chi connectivity index (χ2n) is 13.8. The maximum Gasteiger partial charge on any atom is 0.410 e. The lowest BCUT2D eigenvalue weighted by Gasteiger charge is -2.32. The Bertz CT molecular complexity index is 1820. The molecule has 1 amide bonds. The molecule has 0 unspecified atom stereocenters. The van der Waals surface area contributed by atoms with Gasteiger partial charge in [-0.3, -0.25) is 0 Å². The van der Waals surface area contributed by atoms with E-state index in [0.717, 1.165) is 21.2 Å². The summed E-state index contributed by atoms with van der Waals surface area (Å²) in [5, 5.41) is 4.00. The Morgan fingerprint density at radius 1 is 0.582 bits per heavy atom. The summed E-state index contributed by atoms with van der Waals surface area (Å²) in [5.41, 5.74) is -0.726. The number of hydrogen-bond acceptors (Lipinski definition) is 10. The normalized spacial score (nSPS) is 15.5. The number of ether oxygens (including phenoxy) is 9. The van der Waals surface area contributed by atoms with Gasteiger partial charge < -0.3 is 47.5 Å². The van der Waals surface area contributed by atoms with Crippen molar-refractivity contribution < 1.29 is 47.4 Å². The van der Waals surface area contributed by atoms with Gasteiger partial charge in [0.15, 0.2) is 0 Å². The second-order valence-corrected chi connectivity index (χ2v) is 18.4. The highest BCUT2D eigenvalue weighted by molar-refractivity contribution is 7.74. The highest BCUT2D eigenvalue weighted by Gasteiger charge is 2.44. The fourth-order valence-corrected chi connectivity index (χ4v) is 12.7. The van der Waals surface area contributed by atoms with Gasteiger partial charge in [0.1, 0.15) is 51.6 Å². The van der Waals surface area contributed by atoms with Crippen LogP contribution >= 0.6 is 15.8 Å². The van der Waals surface area contributed by atoms with Crippen molar-refractivity contribution in [1.82, 2.24) is 4.90 Å². The van der Waals surface area contributed by atoms with Crippen LogP contribution in [0.3, 0.4) is 0 Å². The van der Waals surface area contributed by atoms with E-state index >= 15 is 0 Å². The Hall–Kier alpha value is -4.59. The Labute approximate surface area is 327 Å². The molecule has 1 aliphatic rings. The van der Waals surface area contributed by atoms with Gasteiger partial charge in [-0.15, -0.1) is 0 Å². The summed E-state index contributed by atoms with van der Waals surface area (Å²) >= 11 is 0. The topological polar surface area (TPSA) is 103 Å². The van der Waals surface area contributed by atoms with E-state index in [1.54, 1.807) is 56.9 Å². The van der Waals surface area contributed by atoms with Crippen LogP contribution in [0.25, 0.3) is 0 Å². The van der Waals surface area contributed by atoms with Crippen molar-refractivity contribution in [1.29, 1.82) is 0 Å².